The second kappa shape index (κ2) is 7.50. The molecule has 0 aliphatic carbocycles. The highest BCUT2D eigenvalue weighted by Gasteiger charge is 2.10. The first-order chi connectivity index (χ1) is 11.7. The van der Waals surface area contributed by atoms with Crippen LogP contribution in [0.4, 0.5) is 5.69 Å². The van der Waals surface area contributed by atoms with Crippen molar-refractivity contribution in [1.82, 2.24) is 0 Å². The molecule has 3 rings (SSSR count). The van der Waals surface area contributed by atoms with Crippen LogP contribution in [0, 0.1) is 11.8 Å². The Morgan fingerprint density at radius 3 is 2.38 bits per heavy atom. The average molecular weight is 332 g/mol. The summed E-state index contributed by atoms with van der Waals surface area (Å²) in [6.45, 7) is 0. The zero-order valence-corrected chi connectivity index (χ0v) is 13.5. The van der Waals surface area contributed by atoms with Gasteiger partial charge in [-0.2, -0.15) is 0 Å². The van der Waals surface area contributed by atoms with Crippen LogP contribution in [0.2, 0.25) is 5.02 Å². The molecule has 0 bridgehead atoms. The van der Waals surface area contributed by atoms with Crippen LogP contribution in [0.5, 0.6) is 0 Å². The van der Waals surface area contributed by atoms with E-state index in [1.54, 1.807) is 30.3 Å². The highest BCUT2D eigenvalue weighted by molar-refractivity contribution is 6.31. The van der Waals surface area contributed by atoms with Gasteiger partial charge in [0.05, 0.1) is 5.56 Å². The monoisotopic (exact) mass is 331 g/mol. The molecule has 0 heterocycles. The molecule has 0 fully saturated rings. The first-order valence-electron chi connectivity index (χ1n) is 7.45. The number of benzene rings is 3. The summed E-state index contributed by atoms with van der Waals surface area (Å²) in [5.41, 5.74) is 2.77. The third-order valence-electron chi connectivity index (χ3n) is 3.37. The number of carbonyl (C=O) groups is 1. The molecule has 1 N–H and O–H groups in total. The van der Waals surface area contributed by atoms with E-state index in [4.69, 9.17) is 11.6 Å². The summed E-state index contributed by atoms with van der Waals surface area (Å²) in [5, 5.41) is 3.42. The standard InChI is InChI=1S/C21H14ClNO/c22-18-10-6-11-19(15-18)23-21(24)20-12-5-4-9-17(20)14-13-16-7-2-1-3-8-16/h1-12,15H,(H,23,24). The Hall–Kier alpha value is -3.02. The van der Waals surface area contributed by atoms with Gasteiger partial charge >= 0.3 is 0 Å². The first kappa shape index (κ1) is 15.9. The van der Waals surface area contributed by atoms with Gasteiger partial charge in [0.15, 0.2) is 0 Å². The van der Waals surface area contributed by atoms with Crippen LogP contribution in [0.15, 0.2) is 78.9 Å². The number of amides is 1. The first-order valence-corrected chi connectivity index (χ1v) is 7.83. The molecule has 0 radical (unpaired) electrons. The fourth-order valence-electron chi connectivity index (χ4n) is 2.22. The Morgan fingerprint density at radius 1 is 0.833 bits per heavy atom. The number of carbonyl (C=O) groups excluding carboxylic acids is 1. The normalized spacial score (nSPS) is 9.71. The molecule has 0 aliphatic rings. The molecule has 3 aromatic rings. The molecule has 0 unspecified atom stereocenters. The number of halogens is 1. The quantitative estimate of drug-likeness (QED) is 0.658. The maximum absolute atomic E-state index is 12.5. The zero-order valence-electron chi connectivity index (χ0n) is 12.8. The highest BCUT2D eigenvalue weighted by atomic mass is 35.5. The maximum atomic E-state index is 12.5. The van der Waals surface area contributed by atoms with Gasteiger partial charge in [-0.1, -0.05) is 59.8 Å². The highest BCUT2D eigenvalue weighted by Crippen LogP contribution is 2.17. The predicted octanol–water partition coefficient (Wildman–Crippen LogP) is 4.99. The van der Waals surface area contributed by atoms with Gasteiger partial charge in [-0.3, -0.25) is 4.79 Å². The minimum Gasteiger partial charge on any atom is -0.322 e. The number of hydrogen-bond donors (Lipinski definition) is 1. The number of rotatable bonds is 2. The second-order valence-electron chi connectivity index (χ2n) is 5.13. The maximum Gasteiger partial charge on any atom is 0.256 e. The summed E-state index contributed by atoms with van der Waals surface area (Å²) in [6.07, 6.45) is 0. The molecule has 0 aromatic heterocycles. The van der Waals surface area contributed by atoms with Crippen molar-refractivity contribution in [3.63, 3.8) is 0 Å². The van der Waals surface area contributed by atoms with Crippen molar-refractivity contribution in [2.75, 3.05) is 5.32 Å². The molecule has 3 aromatic carbocycles. The fourth-order valence-corrected chi connectivity index (χ4v) is 2.41. The summed E-state index contributed by atoms with van der Waals surface area (Å²) in [4.78, 5) is 12.5. The number of anilines is 1. The van der Waals surface area contributed by atoms with Crippen molar-refractivity contribution in [2.24, 2.45) is 0 Å². The molecule has 0 spiro atoms. The van der Waals surface area contributed by atoms with E-state index < -0.39 is 0 Å². The Bertz CT molecular complexity index is 923. The number of hydrogen-bond acceptors (Lipinski definition) is 1. The van der Waals surface area contributed by atoms with E-state index in [1.165, 1.54) is 0 Å². The lowest BCUT2D eigenvalue weighted by atomic mass is 10.1. The smallest absolute Gasteiger partial charge is 0.256 e. The minimum absolute atomic E-state index is 0.213. The topological polar surface area (TPSA) is 29.1 Å². The summed E-state index contributed by atoms with van der Waals surface area (Å²) < 4.78 is 0. The van der Waals surface area contributed by atoms with Crippen molar-refractivity contribution in [1.29, 1.82) is 0 Å². The summed E-state index contributed by atoms with van der Waals surface area (Å²) in [5.74, 6) is 5.94. The summed E-state index contributed by atoms with van der Waals surface area (Å²) in [6, 6.07) is 24.0. The van der Waals surface area contributed by atoms with Crippen molar-refractivity contribution in [3.8, 4) is 11.8 Å². The molecule has 3 heteroatoms. The van der Waals surface area contributed by atoms with Gasteiger partial charge in [0.1, 0.15) is 0 Å². The molecule has 1 amide bonds. The van der Waals surface area contributed by atoms with Crippen molar-refractivity contribution >= 4 is 23.2 Å². The van der Waals surface area contributed by atoms with E-state index in [0.29, 0.717) is 21.8 Å². The van der Waals surface area contributed by atoms with Crippen LogP contribution in [0.25, 0.3) is 0 Å². The van der Waals surface area contributed by atoms with Crippen LogP contribution in [0.3, 0.4) is 0 Å². The van der Waals surface area contributed by atoms with Crippen molar-refractivity contribution in [2.45, 2.75) is 0 Å². The van der Waals surface area contributed by atoms with Gasteiger partial charge in [0.2, 0.25) is 0 Å². The minimum atomic E-state index is -0.213. The molecule has 0 aliphatic heterocycles. The fraction of sp³-hybridized carbons (Fsp3) is 0. The molecule has 0 saturated carbocycles. The molecular weight excluding hydrogens is 318 g/mol. The third-order valence-corrected chi connectivity index (χ3v) is 3.60. The summed E-state index contributed by atoms with van der Waals surface area (Å²) in [7, 11) is 0. The largest absolute Gasteiger partial charge is 0.322 e. The van der Waals surface area contributed by atoms with E-state index in [9.17, 15) is 4.79 Å². The Kier molecular flexibility index (Phi) is 4.96. The van der Waals surface area contributed by atoms with Gasteiger partial charge in [-0.05, 0) is 42.5 Å². The van der Waals surface area contributed by atoms with Gasteiger partial charge < -0.3 is 5.32 Å². The third kappa shape index (κ3) is 4.04. The molecule has 2 nitrogen and oxygen atoms in total. The summed E-state index contributed by atoms with van der Waals surface area (Å²) >= 11 is 5.95. The number of nitrogens with one attached hydrogen (secondary N) is 1. The lowest BCUT2D eigenvalue weighted by molar-refractivity contribution is 0.102. The molecule has 0 saturated heterocycles. The van der Waals surface area contributed by atoms with E-state index in [-0.39, 0.29) is 5.91 Å². The van der Waals surface area contributed by atoms with Crippen LogP contribution in [-0.2, 0) is 0 Å². The van der Waals surface area contributed by atoms with E-state index in [0.717, 1.165) is 5.56 Å². The molecular formula is C21H14ClNO. The van der Waals surface area contributed by atoms with E-state index in [1.807, 2.05) is 48.5 Å². The van der Waals surface area contributed by atoms with E-state index in [2.05, 4.69) is 17.2 Å². The van der Waals surface area contributed by atoms with Gasteiger partial charge in [-0.25, -0.2) is 0 Å². The molecule has 116 valence electrons. The van der Waals surface area contributed by atoms with E-state index >= 15 is 0 Å². The second-order valence-corrected chi connectivity index (χ2v) is 5.56. The van der Waals surface area contributed by atoms with Gasteiger partial charge in [0, 0.05) is 21.8 Å². The Morgan fingerprint density at radius 2 is 1.58 bits per heavy atom. The zero-order chi connectivity index (χ0) is 16.8. The SMILES string of the molecule is O=C(Nc1cccc(Cl)c1)c1ccccc1C#Cc1ccccc1. The van der Waals surface area contributed by atoms with Gasteiger partial charge in [0.25, 0.3) is 5.91 Å². The van der Waals surface area contributed by atoms with Crippen LogP contribution in [-0.4, -0.2) is 5.91 Å². The lowest BCUT2D eigenvalue weighted by Crippen LogP contribution is -2.13. The van der Waals surface area contributed by atoms with Crippen LogP contribution < -0.4 is 5.32 Å². The lowest BCUT2D eigenvalue weighted by Gasteiger charge is -2.07. The molecule has 0 atom stereocenters. The van der Waals surface area contributed by atoms with Crippen LogP contribution in [0.1, 0.15) is 21.5 Å². The van der Waals surface area contributed by atoms with Crippen molar-refractivity contribution < 1.29 is 4.79 Å². The average Bonchev–Trinajstić information content (AvgIpc) is 2.61. The Labute approximate surface area is 146 Å². The Balaban J connectivity index is 1.86. The van der Waals surface area contributed by atoms with Crippen LogP contribution >= 0.6 is 11.6 Å². The predicted molar refractivity (Wildman–Crippen MR) is 98.3 cm³/mol. The molecule has 24 heavy (non-hydrogen) atoms. The van der Waals surface area contributed by atoms with Crippen molar-refractivity contribution in [3.05, 3.63) is 101 Å². The van der Waals surface area contributed by atoms with Gasteiger partial charge in [-0.15, -0.1) is 0 Å².